The Morgan fingerprint density at radius 2 is 2.20 bits per heavy atom. The van der Waals surface area contributed by atoms with E-state index in [-0.39, 0.29) is 5.75 Å². The normalized spacial score (nSPS) is 14.3. The number of rotatable bonds is 9. The first-order chi connectivity index (χ1) is 9.70. The predicted octanol–water partition coefficient (Wildman–Crippen LogP) is 3.04. The molecule has 0 spiro atoms. The van der Waals surface area contributed by atoms with E-state index in [9.17, 15) is 4.39 Å². The molecule has 0 bridgehead atoms. The highest BCUT2D eigenvalue weighted by atomic mass is 19.1. The van der Waals surface area contributed by atoms with E-state index in [4.69, 9.17) is 15.2 Å². The lowest BCUT2D eigenvalue weighted by molar-refractivity contribution is 0.124. The highest BCUT2D eigenvalue weighted by molar-refractivity contribution is 5.68. The Labute approximate surface area is 119 Å². The summed E-state index contributed by atoms with van der Waals surface area (Å²) in [7, 11) is 0. The third-order valence-corrected chi connectivity index (χ3v) is 3.24. The van der Waals surface area contributed by atoms with Crippen LogP contribution in [-0.4, -0.2) is 26.4 Å². The monoisotopic (exact) mass is 282 g/mol. The van der Waals surface area contributed by atoms with Crippen molar-refractivity contribution in [2.24, 2.45) is 5.92 Å². The number of nitrogen functional groups attached to an aromatic ring is 1. The van der Waals surface area contributed by atoms with Gasteiger partial charge in [-0.15, -0.1) is 0 Å². The van der Waals surface area contributed by atoms with E-state index in [2.05, 4.69) is 5.32 Å². The molecule has 5 heteroatoms. The highest BCUT2D eigenvalue weighted by Gasteiger charge is 2.20. The Kier molecular flexibility index (Phi) is 5.47. The quantitative estimate of drug-likeness (QED) is 0.540. The molecule has 0 atom stereocenters. The van der Waals surface area contributed by atoms with Crippen molar-refractivity contribution in [1.29, 1.82) is 0 Å². The first-order valence-corrected chi connectivity index (χ1v) is 7.24. The summed E-state index contributed by atoms with van der Waals surface area (Å²) in [5, 5.41) is 3.19. The van der Waals surface area contributed by atoms with Gasteiger partial charge in [-0.2, -0.15) is 0 Å². The molecule has 0 amide bonds. The smallest absolute Gasteiger partial charge is 0.167 e. The fourth-order valence-corrected chi connectivity index (χ4v) is 1.92. The summed E-state index contributed by atoms with van der Waals surface area (Å²) in [6.45, 7) is 4.61. The molecular weight excluding hydrogens is 259 g/mol. The van der Waals surface area contributed by atoms with Crippen molar-refractivity contribution in [3.05, 3.63) is 17.9 Å². The van der Waals surface area contributed by atoms with Gasteiger partial charge in [0.05, 0.1) is 18.0 Å². The van der Waals surface area contributed by atoms with Crippen molar-refractivity contribution >= 4 is 11.4 Å². The molecule has 1 aliphatic carbocycles. The van der Waals surface area contributed by atoms with Gasteiger partial charge in [0.1, 0.15) is 0 Å². The van der Waals surface area contributed by atoms with E-state index in [1.165, 1.54) is 18.9 Å². The van der Waals surface area contributed by atoms with Gasteiger partial charge in [-0.3, -0.25) is 0 Å². The molecule has 1 saturated carbocycles. The second kappa shape index (κ2) is 7.33. The van der Waals surface area contributed by atoms with Gasteiger partial charge in [-0.05, 0) is 32.1 Å². The Hall–Kier alpha value is -1.49. The minimum Gasteiger partial charge on any atom is -0.491 e. The van der Waals surface area contributed by atoms with Gasteiger partial charge in [-0.25, -0.2) is 4.39 Å². The van der Waals surface area contributed by atoms with Crippen LogP contribution in [0.15, 0.2) is 12.1 Å². The average molecular weight is 282 g/mol. The zero-order valence-electron chi connectivity index (χ0n) is 12.0. The van der Waals surface area contributed by atoms with Crippen LogP contribution in [0.4, 0.5) is 15.8 Å². The number of hydrogen-bond donors (Lipinski definition) is 2. The van der Waals surface area contributed by atoms with Crippen LogP contribution in [0.3, 0.4) is 0 Å². The molecule has 0 aliphatic heterocycles. The molecule has 1 aromatic carbocycles. The lowest BCUT2D eigenvalue weighted by Gasteiger charge is -2.12. The Morgan fingerprint density at radius 1 is 1.40 bits per heavy atom. The molecule has 0 heterocycles. The third kappa shape index (κ3) is 4.56. The van der Waals surface area contributed by atoms with Crippen LogP contribution >= 0.6 is 0 Å². The van der Waals surface area contributed by atoms with Crippen molar-refractivity contribution < 1.29 is 13.9 Å². The van der Waals surface area contributed by atoms with Crippen molar-refractivity contribution in [3.8, 4) is 5.75 Å². The van der Waals surface area contributed by atoms with Crippen molar-refractivity contribution in [1.82, 2.24) is 0 Å². The molecule has 0 aromatic heterocycles. The van der Waals surface area contributed by atoms with Gasteiger partial charge >= 0.3 is 0 Å². The van der Waals surface area contributed by atoms with Crippen LogP contribution in [-0.2, 0) is 4.74 Å². The van der Waals surface area contributed by atoms with Gasteiger partial charge in [0.15, 0.2) is 11.6 Å². The largest absolute Gasteiger partial charge is 0.491 e. The first-order valence-electron chi connectivity index (χ1n) is 7.24. The van der Waals surface area contributed by atoms with Gasteiger partial charge in [-0.1, -0.05) is 0 Å². The number of anilines is 2. The van der Waals surface area contributed by atoms with E-state index in [0.717, 1.165) is 32.1 Å². The third-order valence-electron chi connectivity index (χ3n) is 3.24. The standard InChI is InChI=1S/C15H23FN2O2/c1-2-20-15-9-14(13(17)8-12(15)16)18-6-3-7-19-10-11-4-5-11/h8-9,11,18H,2-7,10,17H2,1H3. The Balaban J connectivity index is 1.74. The van der Waals surface area contributed by atoms with Crippen LogP contribution < -0.4 is 15.8 Å². The van der Waals surface area contributed by atoms with Gasteiger partial charge in [0.25, 0.3) is 0 Å². The second-order valence-corrected chi connectivity index (χ2v) is 5.10. The molecule has 1 aliphatic rings. The van der Waals surface area contributed by atoms with Gasteiger partial charge < -0.3 is 20.5 Å². The van der Waals surface area contributed by atoms with E-state index in [1.807, 2.05) is 6.92 Å². The molecule has 1 fully saturated rings. The van der Waals surface area contributed by atoms with E-state index in [0.29, 0.717) is 18.0 Å². The first kappa shape index (κ1) is 14.9. The summed E-state index contributed by atoms with van der Waals surface area (Å²) in [5.74, 6) is 0.598. The number of benzene rings is 1. The molecule has 0 unspecified atom stereocenters. The fraction of sp³-hybridized carbons (Fsp3) is 0.600. The van der Waals surface area contributed by atoms with Crippen LogP contribution in [0, 0.1) is 11.7 Å². The number of hydrogen-bond acceptors (Lipinski definition) is 4. The molecule has 0 radical (unpaired) electrons. The zero-order valence-corrected chi connectivity index (χ0v) is 12.0. The molecule has 0 saturated heterocycles. The summed E-state index contributed by atoms with van der Waals surface area (Å²) in [4.78, 5) is 0. The average Bonchev–Trinajstić information content (AvgIpc) is 3.22. The number of halogens is 1. The number of nitrogens with two attached hydrogens (primary N) is 1. The summed E-state index contributed by atoms with van der Waals surface area (Å²) in [6.07, 6.45) is 3.52. The molecule has 20 heavy (non-hydrogen) atoms. The van der Waals surface area contributed by atoms with Gasteiger partial charge in [0, 0.05) is 31.9 Å². The molecular formula is C15H23FN2O2. The maximum absolute atomic E-state index is 13.5. The highest BCUT2D eigenvalue weighted by Crippen LogP contribution is 2.29. The van der Waals surface area contributed by atoms with Gasteiger partial charge in [0.2, 0.25) is 0 Å². The van der Waals surface area contributed by atoms with Crippen LogP contribution in [0.25, 0.3) is 0 Å². The summed E-state index contributed by atoms with van der Waals surface area (Å²) in [5.41, 5.74) is 6.88. The number of nitrogens with one attached hydrogen (secondary N) is 1. The molecule has 3 N–H and O–H groups in total. The second-order valence-electron chi connectivity index (χ2n) is 5.10. The van der Waals surface area contributed by atoms with E-state index < -0.39 is 5.82 Å². The molecule has 2 rings (SSSR count). The topological polar surface area (TPSA) is 56.5 Å². The zero-order chi connectivity index (χ0) is 14.4. The molecule has 4 nitrogen and oxygen atoms in total. The van der Waals surface area contributed by atoms with Crippen molar-refractivity contribution in [3.63, 3.8) is 0 Å². The maximum atomic E-state index is 13.5. The SMILES string of the molecule is CCOc1cc(NCCCOCC2CC2)c(N)cc1F. The Bertz CT molecular complexity index is 436. The molecule has 112 valence electrons. The van der Waals surface area contributed by atoms with Crippen molar-refractivity contribution in [2.75, 3.05) is 37.4 Å². The lowest BCUT2D eigenvalue weighted by Crippen LogP contribution is -2.09. The summed E-state index contributed by atoms with van der Waals surface area (Å²) in [6, 6.07) is 2.90. The summed E-state index contributed by atoms with van der Waals surface area (Å²) < 4.78 is 24.3. The minimum atomic E-state index is -0.428. The van der Waals surface area contributed by atoms with Crippen molar-refractivity contribution in [2.45, 2.75) is 26.2 Å². The van der Waals surface area contributed by atoms with E-state index in [1.54, 1.807) is 6.07 Å². The minimum absolute atomic E-state index is 0.231. The fourth-order valence-electron chi connectivity index (χ4n) is 1.92. The van der Waals surface area contributed by atoms with E-state index >= 15 is 0 Å². The summed E-state index contributed by atoms with van der Waals surface area (Å²) >= 11 is 0. The lowest BCUT2D eigenvalue weighted by atomic mass is 10.2. The molecule has 1 aromatic rings. The Morgan fingerprint density at radius 3 is 2.90 bits per heavy atom. The van der Waals surface area contributed by atoms with Crippen LogP contribution in [0.2, 0.25) is 0 Å². The van der Waals surface area contributed by atoms with Crippen LogP contribution in [0.5, 0.6) is 5.75 Å². The predicted molar refractivity (Wildman–Crippen MR) is 78.6 cm³/mol. The van der Waals surface area contributed by atoms with Crippen LogP contribution in [0.1, 0.15) is 26.2 Å². The number of ether oxygens (including phenoxy) is 2. The maximum Gasteiger partial charge on any atom is 0.167 e.